The van der Waals surface area contributed by atoms with E-state index in [-0.39, 0.29) is 17.9 Å². The van der Waals surface area contributed by atoms with Crippen LogP contribution in [0.1, 0.15) is 49.4 Å². The van der Waals surface area contributed by atoms with E-state index in [1.165, 1.54) is 11.8 Å². The summed E-state index contributed by atoms with van der Waals surface area (Å²) in [6.45, 7) is 2.32. The summed E-state index contributed by atoms with van der Waals surface area (Å²) < 4.78 is 20.9. The lowest BCUT2D eigenvalue weighted by Crippen LogP contribution is -2.44. The van der Waals surface area contributed by atoms with Gasteiger partial charge in [-0.15, -0.1) is 0 Å². The summed E-state index contributed by atoms with van der Waals surface area (Å²) in [4.78, 5) is 23.0. The molecule has 8 heteroatoms. The Morgan fingerprint density at radius 2 is 2.09 bits per heavy atom. The molecule has 35 heavy (non-hydrogen) atoms. The number of hydrogen-bond acceptors (Lipinski definition) is 5. The highest BCUT2D eigenvalue weighted by Gasteiger charge is 2.41. The molecule has 1 fully saturated rings. The van der Waals surface area contributed by atoms with Crippen LogP contribution in [0.2, 0.25) is 5.02 Å². The Labute approximate surface area is 210 Å². The van der Waals surface area contributed by atoms with Gasteiger partial charge >= 0.3 is 5.97 Å². The Balaban J connectivity index is 1.38. The quantitative estimate of drug-likeness (QED) is 0.375. The molecule has 6 nitrogen and oxygen atoms in total. The zero-order valence-corrected chi connectivity index (χ0v) is 20.7. The highest BCUT2D eigenvalue weighted by molar-refractivity contribution is 6.32. The first-order chi connectivity index (χ1) is 16.9. The Bertz CT molecular complexity index is 1150. The number of hydrogen-bond donors (Lipinski definition) is 1. The maximum absolute atomic E-state index is 15.6. The predicted octanol–water partition coefficient (Wildman–Crippen LogP) is 5.88. The van der Waals surface area contributed by atoms with Crippen molar-refractivity contribution < 1.29 is 19.0 Å². The van der Waals surface area contributed by atoms with Crippen molar-refractivity contribution in [3.05, 3.63) is 65.1 Å². The summed E-state index contributed by atoms with van der Waals surface area (Å²) in [6.07, 6.45) is 7.03. The molecule has 1 atom stereocenters. The van der Waals surface area contributed by atoms with Gasteiger partial charge in [0.05, 0.1) is 23.1 Å². The lowest BCUT2D eigenvalue weighted by atomic mass is 9.74. The van der Waals surface area contributed by atoms with Gasteiger partial charge in [0.2, 0.25) is 0 Å². The fourth-order valence-electron chi connectivity index (χ4n) is 4.99. The van der Waals surface area contributed by atoms with Crippen molar-refractivity contribution in [1.82, 2.24) is 14.9 Å². The number of fused-ring (bicyclic) bond motifs is 1. The third-order valence-electron chi connectivity index (χ3n) is 7.19. The van der Waals surface area contributed by atoms with Gasteiger partial charge in [0.15, 0.2) is 0 Å². The van der Waals surface area contributed by atoms with Crippen molar-refractivity contribution in [1.29, 1.82) is 0 Å². The van der Waals surface area contributed by atoms with Crippen LogP contribution in [0.5, 0.6) is 5.75 Å². The Morgan fingerprint density at radius 1 is 1.29 bits per heavy atom. The van der Waals surface area contributed by atoms with Crippen molar-refractivity contribution in [2.45, 2.75) is 44.7 Å². The Morgan fingerprint density at radius 3 is 2.77 bits per heavy atom. The lowest BCUT2D eigenvalue weighted by molar-refractivity contribution is -0.153. The van der Waals surface area contributed by atoms with E-state index in [2.05, 4.69) is 20.9 Å². The maximum Gasteiger partial charge on any atom is 0.309 e. The van der Waals surface area contributed by atoms with Gasteiger partial charge in [-0.2, -0.15) is 0 Å². The largest absolute Gasteiger partial charge is 0.497 e. The molecule has 1 saturated heterocycles. The summed E-state index contributed by atoms with van der Waals surface area (Å²) in [7, 11) is 1.55. The van der Waals surface area contributed by atoms with E-state index in [4.69, 9.17) is 16.3 Å². The van der Waals surface area contributed by atoms with E-state index in [0.717, 1.165) is 19.4 Å². The van der Waals surface area contributed by atoms with Crippen LogP contribution in [0.4, 0.5) is 4.39 Å². The van der Waals surface area contributed by atoms with Crippen molar-refractivity contribution in [3.8, 4) is 5.75 Å². The molecular weight excluding hydrogens is 469 g/mol. The van der Waals surface area contributed by atoms with Gasteiger partial charge in [-0.25, -0.2) is 4.39 Å². The predicted molar refractivity (Wildman–Crippen MR) is 135 cm³/mol. The van der Waals surface area contributed by atoms with Gasteiger partial charge in [-0.05, 0) is 88.0 Å². The first kappa shape index (κ1) is 25.3. The van der Waals surface area contributed by atoms with Gasteiger partial charge in [0.25, 0.3) is 0 Å². The molecule has 4 rings (SSSR count). The van der Waals surface area contributed by atoms with Gasteiger partial charge < -0.3 is 14.7 Å². The van der Waals surface area contributed by atoms with Gasteiger partial charge in [0.1, 0.15) is 11.9 Å². The Kier molecular flexibility index (Phi) is 8.19. The second-order valence-corrected chi connectivity index (χ2v) is 9.71. The molecule has 0 radical (unpaired) electrons. The van der Waals surface area contributed by atoms with Crippen LogP contribution in [-0.4, -0.2) is 52.7 Å². The highest BCUT2D eigenvalue weighted by atomic mass is 35.5. The SMILES string of the molecule is COc1ccc2ncc(Cl)c([C@H](F)CCC3(C(=O)O)CCN(CCCc4cccnc4)CC3)c2c1. The van der Waals surface area contributed by atoms with E-state index in [1.54, 1.807) is 31.5 Å². The molecule has 1 N–H and O–H groups in total. The van der Waals surface area contributed by atoms with Crippen LogP contribution in [0.3, 0.4) is 0 Å². The number of rotatable bonds is 10. The minimum absolute atomic E-state index is 0.0867. The van der Waals surface area contributed by atoms with Crippen molar-refractivity contribution >= 4 is 28.5 Å². The molecule has 0 spiro atoms. The average Bonchev–Trinajstić information content (AvgIpc) is 2.88. The number of aryl methyl sites for hydroxylation is 1. The summed E-state index contributed by atoms with van der Waals surface area (Å²) >= 11 is 6.35. The molecule has 0 aliphatic carbocycles. The molecule has 0 amide bonds. The van der Waals surface area contributed by atoms with Gasteiger partial charge in [0, 0.05) is 29.5 Å². The fourth-order valence-corrected chi connectivity index (χ4v) is 5.26. The summed E-state index contributed by atoms with van der Waals surface area (Å²) in [5, 5.41) is 10.9. The summed E-state index contributed by atoms with van der Waals surface area (Å²) in [5.74, 6) is -0.250. The number of carbonyl (C=O) groups is 1. The zero-order chi connectivity index (χ0) is 24.8. The first-order valence-electron chi connectivity index (χ1n) is 12.0. The number of likely N-dealkylation sites (tertiary alicyclic amines) is 1. The highest BCUT2D eigenvalue weighted by Crippen LogP contribution is 2.42. The fraction of sp³-hybridized carbons (Fsp3) is 0.444. The topological polar surface area (TPSA) is 75.6 Å². The molecule has 2 aromatic heterocycles. The zero-order valence-electron chi connectivity index (χ0n) is 19.9. The molecule has 0 unspecified atom stereocenters. The number of ether oxygens (including phenoxy) is 1. The third-order valence-corrected chi connectivity index (χ3v) is 7.49. The van der Waals surface area contributed by atoms with E-state index in [9.17, 15) is 9.90 Å². The number of pyridine rings is 2. The monoisotopic (exact) mass is 499 g/mol. The lowest BCUT2D eigenvalue weighted by Gasteiger charge is -2.39. The van der Waals surface area contributed by atoms with E-state index < -0.39 is 17.6 Å². The number of piperidine rings is 1. The van der Waals surface area contributed by atoms with Crippen molar-refractivity contribution in [3.63, 3.8) is 0 Å². The summed E-state index contributed by atoms with van der Waals surface area (Å²) in [5.41, 5.74) is 1.26. The van der Waals surface area contributed by atoms with Crippen LogP contribution in [0, 0.1) is 5.41 Å². The number of methoxy groups -OCH3 is 1. The van der Waals surface area contributed by atoms with Gasteiger partial charge in [-0.1, -0.05) is 17.7 Å². The number of aliphatic carboxylic acids is 1. The number of aromatic nitrogens is 2. The number of carboxylic acids is 1. The smallest absolute Gasteiger partial charge is 0.309 e. The second kappa shape index (κ2) is 11.3. The molecule has 1 aliphatic heterocycles. The van der Waals surface area contributed by atoms with Crippen LogP contribution in [0.25, 0.3) is 10.9 Å². The summed E-state index contributed by atoms with van der Waals surface area (Å²) in [6, 6.07) is 9.27. The van der Waals surface area contributed by atoms with E-state index in [0.29, 0.717) is 48.1 Å². The molecule has 186 valence electrons. The number of alkyl halides is 1. The van der Waals surface area contributed by atoms with Crippen LogP contribution < -0.4 is 4.74 Å². The van der Waals surface area contributed by atoms with Crippen LogP contribution in [0.15, 0.2) is 48.9 Å². The molecule has 1 aromatic carbocycles. The molecular formula is C27H31ClFN3O3. The number of benzene rings is 1. The normalized spacial score (nSPS) is 16.8. The van der Waals surface area contributed by atoms with Crippen LogP contribution in [-0.2, 0) is 11.2 Å². The van der Waals surface area contributed by atoms with Crippen molar-refractivity contribution in [2.24, 2.45) is 5.41 Å². The maximum atomic E-state index is 15.6. The second-order valence-electron chi connectivity index (χ2n) is 9.30. The van der Waals surface area contributed by atoms with Crippen molar-refractivity contribution in [2.75, 3.05) is 26.7 Å². The number of nitrogens with zero attached hydrogens (tertiary/aromatic N) is 3. The Hall–Kier alpha value is -2.77. The molecule has 0 bridgehead atoms. The van der Waals surface area contributed by atoms with E-state index in [1.807, 2.05) is 12.3 Å². The first-order valence-corrected chi connectivity index (χ1v) is 12.4. The standard InChI is InChI=1S/C27H31ClFN3O3/c1-35-20-6-7-24-21(16-20)25(22(28)18-31-24)23(29)8-9-27(26(33)34)10-14-32(15-11-27)13-3-5-19-4-2-12-30-17-19/h2,4,6-7,12,16-18,23H,3,5,8-11,13-15H2,1H3,(H,33,34)/t23-/m1/s1. The molecule has 0 saturated carbocycles. The third kappa shape index (κ3) is 5.90. The molecule has 3 aromatic rings. The van der Waals surface area contributed by atoms with Gasteiger partial charge in [-0.3, -0.25) is 14.8 Å². The molecule has 1 aliphatic rings. The van der Waals surface area contributed by atoms with Crippen LogP contribution >= 0.6 is 11.6 Å². The number of halogens is 2. The molecule has 3 heterocycles. The minimum Gasteiger partial charge on any atom is -0.497 e. The minimum atomic E-state index is -1.39. The number of carboxylic acid groups (broad SMARTS) is 1. The van der Waals surface area contributed by atoms with E-state index >= 15 is 4.39 Å². The average molecular weight is 500 g/mol.